The van der Waals surface area contributed by atoms with Crippen LogP contribution in [-0.4, -0.2) is 44.2 Å². The fraction of sp³-hybridized carbons (Fsp3) is 0.417. The quantitative estimate of drug-likeness (QED) is 0.664. The molecule has 0 bridgehead atoms. The van der Waals surface area contributed by atoms with Gasteiger partial charge in [-0.05, 0) is 74.6 Å². The number of amides is 2. The summed E-state index contributed by atoms with van der Waals surface area (Å²) in [5.41, 5.74) is 2.88. The van der Waals surface area contributed by atoms with Crippen molar-refractivity contribution in [2.24, 2.45) is 5.92 Å². The van der Waals surface area contributed by atoms with Crippen LogP contribution in [0.5, 0.6) is 0 Å². The number of sulfonamides is 1. The van der Waals surface area contributed by atoms with Crippen molar-refractivity contribution in [1.82, 2.24) is 4.31 Å². The molecule has 0 radical (unpaired) electrons. The first kappa shape index (κ1) is 23.7. The van der Waals surface area contributed by atoms with E-state index in [4.69, 9.17) is 11.6 Å². The van der Waals surface area contributed by atoms with E-state index in [2.05, 4.69) is 5.32 Å². The number of likely N-dealkylation sites (N-methyl/N-ethyl adjacent to an activating group) is 1. The first-order valence-electron chi connectivity index (χ1n) is 11.1. The van der Waals surface area contributed by atoms with E-state index >= 15 is 0 Å². The fourth-order valence-electron chi connectivity index (χ4n) is 4.36. The van der Waals surface area contributed by atoms with Crippen LogP contribution in [0.1, 0.15) is 37.3 Å². The average Bonchev–Trinajstić information content (AvgIpc) is 3.04. The molecule has 1 atom stereocenters. The minimum absolute atomic E-state index is 0.00417. The second kappa shape index (κ2) is 9.08. The Morgan fingerprint density at radius 1 is 1.21 bits per heavy atom. The van der Waals surface area contributed by atoms with Crippen molar-refractivity contribution in [3.8, 4) is 0 Å². The number of nitrogens with zero attached hydrogens (tertiary/aromatic N) is 2. The lowest BCUT2D eigenvalue weighted by atomic mass is 9.84. The molecule has 2 aromatic rings. The van der Waals surface area contributed by atoms with E-state index in [1.54, 1.807) is 37.3 Å². The summed E-state index contributed by atoms with van der Waals surface area (Å²) in [5.74, 6) is -0.249. The van der Waals surface area contributed by atoms with Crippen LogP contribution in [0.15, 0.2) is 41.3 Å². The molecule has 1 aliphatic heterocycles. The van der Waals surface area contributed by atoms with Crippen LogP contribution in [0.3, 0.4) is 0 Å². The Balaban J connectivity index is 1.49. The zero-order chi connectivity index (χ0) is 23.9. The number of halogens is 1. The molecular weight excluding hydrogens is 462 g/mol. The molecular formula is C24H28ClN3O4S. The maximum Gasteiger partial charge on any atom is 0.243 e. The Bertz CT molecular complexity index is 1210. The molecule has 1 fully saturated rings. The van der Waals surface area contributed by atoms with Crippen LogP contribution in [0.2, 0.25) is 5.02 Å². The van der Waals surface area contributed by atoms with E-state index in [-0.39, 0.29) is 29.3 Å². The smallest absolute Gasteiger partial charge is 0.243 e. The highest BCUT2D eigenvalue weighted by molar-refractivity contribution is 7.89. The van der Waals surface area contributed by atoms with Gasteiger partial charge in [-0.3, -0.25) is 9.59 Å². The van der Waals surface area contributed by atoms with Crippen molar-refractivity contribution in [2.75, 3.05) is 23.8 Å². The number of nitrogens with one attached hydrogen (secondary N) is 1. The molecule has 2 amide bonds. The van der Waals surface area contributed by atoms with Gasteiger partial charge in [0.25, 0.3) is 0 Å². The lowest BCUT2D eigenvalue weighted by molar-refractivity contribution is -0.125. The average molecular weight is 490 g/mol. The van der Waals surface area contributed by atoms with Crippen molar-refractivity contribution in [1.29, 1.82) is 0 Å². The lowest BCUT2D eigenvalue weighted by Crippen LogP contribution is -2.42. The van der Waals surface area contributed by atoms with E-state index in [0.29, 0.717) is 22.7 Å². The third kappa shape index (κ3) is 4.52. The van der Waals surface area contributed by atoms with Gasteiger partial charge in [0, 0.05) is 35.4 Å². The summed E-state index contributed by atoms with van der Waals surface area (Å²) >= 11 is 6.09. The molecule has 9 heteroatoms. The lowest BCUT2D eigenvalue weighted by Gasteiger charge is -2.32. The number of anilines is 2. The summed E-state index contributed by atoms with van der Waals surface area (Å²) < 4.78 is 27.3. The van der Waals surface area contributed by atoms with E-state index in [9.17, 15) is 18.0 Å². The minimum Gasteiger partial charge on any atom is -0.325 e. The second-order valence-corrected chi connectivity index (χ2v) is 11.4. The number of benzene rings is 2. The predicted molar refractivity (Wildman–Crippen MR) is 129 cm³/mol. The molecule has 1 saturated carbocycles. The van der Waals surface area contributed by atoms with Crippen LogP contribution in [-0.2, 0) is 26.0 Å². The SMILES string of the molecule is Cc1c(Cl)cccc1NC(=O)CN(C)S(=O)(=O)c1ccc2c(c1)C[C@@H](C)N2C(=O)C1CCC1. The highest BCUT2D eigenvalue weighted by atomic mass is 35.5. The molecule has 2 aliphatic rings. The third-order valence-electron chi connectivity index (χ3n) is 6.57. The summed E-state index contributed by atoms with van der Waals surface area (Å²) in [6, 6.07) is 10.0. The van der Waals surface area contributed by atoms with E-state index in [1.807, 2.05) is 11.8 Å². The largest absolute Gasteiger partial charge is 0.325 e. The van der Waals surface area contributed by atoms with Crippen LogP contribution < -0.4 is 10.2 Å². The molecule has 1 N–H and O–H groups in total. The van der Waals surface area contributed by atoms with E-state index in [1.165, 1.54) is 13.1 Å². The van der Waals surface area contributed by atoms with Gasteiger partial charge in [-0.15, -0.1) is 0 Å². The van der Waals surface area contributed by atoms with Gasteiger partial charge in [-0.1, -0.05) is 24.1 Å². The Labute approximate surface area is 199 Å². The molecule has 0 aromatic heterocycles. The Morgan fingerprint density at radius 3 is 2.61 bits per heavy atom. The monoisotopic (exact) mass is 489 g/mol. The van der Waals surface area contributed by atoms with Crippen LogP contribution in [0.4, 0.5) is 11.4 Å². The summed E-state index contributed by atoms with van der Waals surface area (Å²) in [5, 5.41) is 3.24. The topological polar surface area (TPSA) is 86.8 Å². The summed E-state index contributed by atoms with van der Waals surface area (Å²) in [6.07, 6.45) is 3.53. The molecule has 33 heavy (non-hydrogen) atoms. The molecule has 1 aliphatic carbocycles. The third-order valence-corrected chi connectivity index (χ3v) is 8.78. The van der Waals surface area contributed by atoms with Crippen LogP contribution >= 0.6 is 11.6 Å². The number of carbonyl (C=O) groups excluding carboxylic acids is 2. The van der Waals surface area contributed by atoms with Crippen molar-refractivity contribution in [2.45, 2.75) is 50.5 Å². The molecule has 4 rings (SSSR count). The Kier molecular flexibility index (Phi) is 6.53. The fourth-order valence-corrected chi connectivity index (χ4v) is 5.71. The standard InChI is InChI=1S/C24H28ClN3O4S/c1-15-12-18-13-19(10-11-22(18)28(15)24(30)17-6-4-7-17)33(31,32)27(3)14-23(29)26-21-9-5-8-20(25)16(21)2/h5,8-11,13,15,17H,4,6-7,12,14H2,1-3H3,(H,26,29)/t15-/m1/s1. The predicted octanol–water partition coefficient (Wildman–Crippen LogP) is 3.99. The maximum absolute atomic E-state index is 13.1. The minimum atomic E-state index is -3.89. The van der Waals surface area contributed by atoms with Gasteiger partial charge in [0.15, 0.2) is 0 Å². The normalized spacial score (nSPS) is 18.2. The van der Waals surface area contributed by atoms with Gasteiger partial charge in [0.1, 0.15) is 0 Å². The number of rotatable bonds is 6. The molecule has 0 saturated heterocycles. The van der Waals surface area contributed by atoms with Crippen LogP contribution in [0, 0.1) is 12.8 Å². The van der Waals surface area contributed by atoms with Crippen molar-refractivity contribution < 1.29 is 18.0 Å². The summed E-state index contributed by atoms with van der Waals surface area (Å²) in [6.45, 7) is 3.43. The number of carbonyl (C=O) groups is 2. The van der Waals surface area contributed by atoms with Gasteiger partial charge in [0.2, 0.25) is 21.8 Å². The van der Waals surface area contributed by atoms with Crippen LogP contribution in [0.25, 0.3) is 0 Å². The number of hydrogen-bond donors (Lipinski definition) is 1. The first-order valence-corrected chi connectivity index (χ1v) is 12.9. The molecule has 2 aromatic carbocycles. The first-order chi connectivity index (χ1) is 15.6. The zero-order valence-electron chi connectivity index (χ0n) is 19.0. The number of hydrogen-bond acceptors (Lipinski definition) is 4. The number of fused-ring (bicyclic) bond motifs is 1. The highest BCUT2D eigenvalue weighted by Crippen LogP contribution is 2.38. The highest BCUT2D eigenvalue weighted by Gasteiger charge is 2.37. The Hall–Kier alpha value is -2.42. The van der Waals surface area contributed by atoms with Crippen molar-refractivity contribution >= 4 is 44.8 Å². The maximum atomic E-state index is 13.1. The Morgan fingerprint density at radius 2 is 1.94 bits per heavy atom. The molecule has 0 spiro atoms. The zero-order valence-corrected chi connectivity index (χ0v) is 20.5. The van der Waals surface area contributed by atoms with Gasteiger partial charge >= 0.3 is 0 Å². The molecule has 1 heterocycles. The molecule has 176 valence electrons. The van der Waals surface area contributed by atoms with Gasteiger partial charge < -0.3 is 10.2 Å². The summed E-state index contributed by atoms with van der Waals surface area (Å²) in [4.78, 5) is 27.3. The van der Waals surface area contributed by atoms with Gasteiger partial charge in [0.05, 0.1) is 11.4 Å². The second-order valence-electron chi connectivity index (χ2n) is 8.90. The molecule has 7 nitrogen and oxygen atoms in total. The van der Waals surface area contributed by atoms with Gasteiger partial charge in [-0.2, -0.15) is 4.31 Å². The van der Waals surface area contributed by atoms with Crippen molar-refractivity contribution in [3.63, 3.8) is 0 Å². The van der Waals surface area contributed by atoms with Gasteiger partial charge in [-0.25, -0.2) is 8.42 Å². The van der Waals surface area contributed by atoms with E-state index < -0.39 is 15.9 Å². The van der Waals surface area contributed by atoms with Crippen molar-refractivity contribution in [3.05, 3.63) is 52.5 Å². The van der Waals surface area contributed by atoms with E-state index in [0.717, 1.165) is 34.8 Å². The summed E-state index contributed by atoms with van der Waals surface area (Å²) in [7, 11) is -2.51. The molecule has 0 unspecified atom stereocenters.